The predicted octanol–water partition coefficient (Wildman–Crippen LogP) is 3.67. The molecule has 2 N–H and O–H groups in total. The number of H-pyrrole nitrogens is 1. The van der Waals surface area contributed by atoms with Gasteiger partial charge in [0.1, 0.15) is 5.82 Å². The zero-order chi connectivity index (χ0) is 16.9. The Labute approximate surface area is 151 Å². The van der Waals surface area contributed by atoms with Crippen LogP contribution >= 0.6 is 27.7 Å². The predicted molar refractivity (Wildman–Crippen MR) is 97.8 cm³/mol. The molecule has 0 fully saturated rings. The zero-order valence-corrected chi connectivity index (χ0v) is 15.2. The van der Waals surface area contributed by atoms with Crippen LogP contribution in [0.3, 0.4) is 0 Å². The lowest BCUT2D eigenvalue weighted by Crippen LogP contribution is -2.14. The molecule has 1 amide bonds. The van der Waals surface area contributed by atoms with Crippen molar-refractivity contribution in [1.82, 2.24) is 20.2 Å². The average molecular weight is 404 g/mol. The summed E-state index contributed by atoms with van der Waals surface area (Å²) in [5.74, 6) is 1.26. The van der Waals surface area contributed by atoms with Crippen LogP contribution in [-0.2, 0) is 4.79 Å². The second kappa shape index (κ2) is 7.59. The van der Waals surface area contributed by atoms with E-state index in [0.29, 0.717) is 16.8 Å². The van der Waals surface area contributed by atoms with E-state index in [2.05, 4.69) is 41.4 Å². The van der Waals surface area contributed by atoms with Gasteiger partial charge in [-0.05, 0) is 35.0 Å². The van der Waals surface area contributed by atoms with E-state index in [-0.39, 0.29) is 11.7 Å². The second-order valence-electron chi connectivity index (χ2n) is 5.03. The van der Waals surface area contributed by atoms with Crippen molar-refractivity contribution in [3.05, 3.63) is 52.6 Å². The van der Waals surface area contributed by atoms with E-state index in [1.165, 1.54) is 17.3 Å². The van der Waals surface area contributed by atoms with Crippen LogP contribution in [0.25, 0.3) is 11.4 Å². The second-order valence-corrected chi connectivity index (χ2v) is 6.89. The topological polar surface area (TPSA) is 83.6 Å². The summed E-state index contributed by atoms with van der Waals surface area (Å²) in [4.78, 5) is 20.4. The summed E-state index contributed by atoms with van der Waals surface area (Å²) in [6, 6.07) is 11.5. The lowest BCUT2D eigenvalue weighted by molar-refractivity contribution is -0.113. The maximum absolute atomic E-state index is 11.9. The molecule has 3 aromatic rings. The van der Waals surface area contributed by atoms with E-state index in [4.69, 9.17) is 0 Å². The van der Waals surface area contributed by atoms with Gasteiger partial charge >= 0.3 is 0 Å². The highest BCUT2D eigenvalue weighted by atomic mass is 79.9. The number of anilines is 1. The van der Waals surface area contributed by atoms with Gasteiger partial charge in [0.05, 0.1) is 5.75 Å². The van der Waals surface area contributed by atoms with Crippen LogP contribution in [0.1, 0.15) is 5.56 Å². The molecule has 0 saturated carbocycles. The highest BCUT2D eigenvalue weighted by molar-refractivity contribution is 9.10. The Kier molecular flexibility index (Phi) is 5.27. The fourth-order valence-corrected chi connectivity index (χ4v) is 2.74. The number of nitrogens with zero attached hydrogens (tertiary/aromatic N) is 3. The number of aromatic amines is 1. The largest absolute Gasteiger partial charge is 0.310 e. The molecular formula is C16H14BrN5OS. The van der Waals surface area contributed by atoms with Gasteiger partial charge in [-0.3, -0.25) is 9.89 Å². The number of amides is 1. The molecule has 8 heteroatoms. The van der Waals surface area contributed by atoms with Gasteiger partial charge in [0.25, 0.3) is 0 Å². The first-order valence-electron chi connectivity index (χ1n) is 7.14. The molecule has 24 heavy (non-hydrogen) atoms. The lowest BCUT2D eigenvalue weighted by Gasteiger charge is -2.02. The first kappa shape index (κ1) is 16.7. The SMILES string of the molecule is Cc1ccc(-c2nc(SCC(=O)Nc3ccc(Br)cn3)n[nH]2)cc1. The number of aryl methyl sites for hydroxylation is 1. The molecule has 0 unspecified atom stereocenters. The van der Waals surface area contributed by atoms with E-state index in [9.17, 15) is 4.79 Å². The number of hydrogen-bond donors (Lipinski definition) is 2. The molecule has 0 atom stereocenters. The molecule has 122 valence electrons. The lowest BCUT2D eigenvalue weighted by atomic mass is 10.1. The maximum atomic E-state index is 11.9. The van der Waals surface area contributed by atoms with E-state index in [1.807, 2.05) is 37.3 Å². The van der Waals surface area contributed by atoms with Crippen molar-refractivity contribution >= 4 is 39.4 Å². The van der Waals surface area contributed by atoms with Gasteiger partial charge in [-0.15, -0.1) is 5.10 Å². The van der Waals surface area contributed by atoms with Crippen molar-refractivity contribution in [3.63, 3.8) is 0 Å². The van der Waals surface area contributed by atoms with E-state index >= 15 is 0 Å². The summed E-state index contributed by atoms with van der Waals surface area (Å²) in [5.41, 5.74) is 2.15. The Morgan fingerprint density at radius 1 is 1.25 bits per heavy atom. The minimum atomic E-state index is -0.156. The minimum absolute atomic E-state index is 0.156. The minimum Gasteiger partial charge on any atom is -0.310 e. The molecule has 0 radical (unpaired) electrons. The molecule has 1 aromatic carbocycles. The third-order valence-electron chi connectivity index (χ3n) is 3.12. The number of rotatable bonds is 5. The summed E-state index contributed by atoms with van der Waals surface area (Å²) < 4.78 is 0.860. The van der Waals surface area contributed by atoms with Gasteiger partial charge < -0.3 is 5.32 Å². The summed E-state index contributed by atoms with van der Waals surface area (Å²) in [7, 11) is 0. The molecule has 0 saturated heterocycles. The Morgan fingerprint density at radius 3 is 2.75 bits per heavy atom. The number of nitrogens with one attached hydrogen (secondary N) is 2. The van der Waals surface area contributed by atoms with Crippen LogP contribution in [0.5, 0.6) is 0 Å². The Bertz CT molecular complexity index is 832. The Morgan fingerprint density at radius 2 is 2.04 bits per heavy atom. The van der Waals surface area contributed by atoms with Crippen molar-refractivity contribution in [2.75, 3.05) is 11.1 Å². The maximum Gasteiger partial charge on any atom is 0.236 e. The number of hydrogen-bond acceptors (Lipinski definition) is 5. The monoisotopic (exact) mass is 403 g/mol. The third-order valence-corrected chi connectivity index (χ3v) is 4.43. The van der Waals surface area contributed by atoms with Crippen LogP contribution in [0.15, 0.2) is 52.2 Å². The summed E-state index contributed by atoms with van der Waals surface area (Å²) >= 11 is 4.57. The highest BCUT2D eigenvalue weighted by Gasteiger charge is 2.09. The van der Waals surface area contributed by atoms with Gasteiger partial charge in [0.15, 0.2) is 5.82 Å². The van der Waals surface area contributed by atoms with Crippen LogP contribution in [0.2, 0.25) is 0 Å². The Balaban J connectivity index is 1.56. The van der Waals surface area contributed by atoms with E-state index in [1.54, 1.807) is 12.3 Å². The normalized spacial score (nSPS) is 10.6. The number of aromatic nitrogens is 4. The smallest absolute Gasteiger partial charge is 0.236 e. The molecule has 3 rings (SSSR count). The highest BCUT2D eigenvalue weighted by Crippen LogP contribution is 2.20. The number of carbonyl (C=O) groups excluding carboxylic acids is 1. The van der Waals surface area contributed by atoms with Gasteiger partial charge in [0, 0.05) is 16.2 Å². The summed E-state index contributed by atoms with van der Waals surface area (Å²) in [5, 5.41) is 10.3. The summed E-state index contributed by atoms with van der Waals surface area (Å²) in [6.07, 6.45) is 1.63. The number of carbonyl (C=O) groups is 1. The van der Waals surface area contributed by atoms with Crippen LogP contribution in [0, 0.1) is 6.92 Å². The molecule has 2 aromatic heterocycles. The standard InChI is InChI=1S/C16H14BrN5OS/c1-10-2-4-11(5-3-10)15-20-16(22-21-15)24-9-14(23)19-13-7-6-12(17)8-18-13/h2-8H,9H2,1H3,(H,18,19,23)(H,20,21,22). The molecule has 0 aliphatic rings. The van der Waals surface area contributed by atoms with Crippen molar-refractivity contribution < 1.29 is 4.79 Å². The third kappa shape index (κ3) is 4.42. The number of halogens is 1. The molecule has 0 aliphatic carbocycles. The molecule has 6 nitrogen and oxygen atoms in total. The Hall–Kier alpha value is -2.19. The van der Waals surface area contributed by atoms with Gasteiger partial charge in [-0.2, -0.15) is 0 Å². The molecule has 0 spiro atoms. The number of thioether (sulfide) groups is 1. The summed E-state index contributed by atoms with van der Waals surface area (Å²) in [6.45, 7) is 2.03. The van der Waals surface area contributed by atoms with E-state index in [0.717, 1.165) is 10.0 Å². The van der Waals surface area contributed by atoms with Crippen molar-refractivity contribution in [3.8, 4) is 11.4 Å². The van der Waals surface area contributed by atoms with Crippen molar-refractivity contribution in [2.45, 2.75) is 12.1 Å². The molecular weight excluding hydrogens is 390 g/mol. The first-order chi connectivity index (χ1) is 11.6. The van der Waals surface area contributed by atoms with Gasteiger partial charge in [-0.1, -0.05) is 41.6 Å². The van der Waals surface area contributed by atoms with E-state index < -0.39 is 0 Å². The van der Waals surface area contributed by atoms with Crippen molar-refractivity contribution in [1.29, 1.82) is 0 Å². The fourth-order valence-electron chi connectivity index (χ4n) is 1.91. The molecule has 0 aliphatic heterocycles. The molecule has 2 heterocycles. The van der Waals surface area contributed by atoms with Crippen LogP contribution in [-0.4, -0.2) is 31.8 Å². The quantitative estimate of drug-likeness (QED) is 0.634. The zero-order valence-electron chi connectivity index (χ0n) is 12.8. The van der Waals surface area contributed by atoms with Gasteiger partial charge in [0.2, 0.25) is 11.1 Å². The van der Waals surface area contributed by atoms with Crippen molar-refractivity contribution in [2.24, 2.45) is 0 Å². The molecule has 0 bridgehead atoms. The van der Waals surface area contributed by atoms with Crippen LogP contribution in [0.4, 0.5) is 5.82 Å². The first-order valence-corrected chi connectivity index (χ1v) is 8.92. The number of pyridine rings is 1. The fraction of sp³-hybridized carbons (Fsp3) is 0.125. The number of benzene rings is 1. The van der Waals surface area contributed by atoms with Gasteiger partial charge in [-0.25, -0.2) is 9.97 Å². The average Bonchev–Trinajstić information content (AvgIpc) is 3.05. The van der Waals surface area contributed by atoms with Crippen LogP contribution < -0.4 is 5.32 Å².